The number of Topliss-reactive ketones (excluding diaryl/α,β-unsaturated/α-hetero) is 1. The Morgan fingerprint density at radius 2 is 1.79 bits per heavy atom. The summed E-state index contributed by atoms with van der Waals surface area (Å²) in [5, 5.41) is 0. The largest absolute Gasteiger partial charge is 0.493 e. The highest BCUT2D eigenvalue weighted by Crippen LogP contribution is 2.28. The molecule has 2 aromatic carbocycles. The van der Waals surface area contributed by atoms with Crippen molar-refractivity contribution < 1.29 is 18.8 Å². The van der Waals surface area contributed by atoms with Crippen molar-refractivity contribution in [1.29, 1.82) is 0 Å². The number of hydrogen-bond donors (Lipinski definition) is 0. The second-order valence-corrected chi connectivity index (χ2v) is 7.38. The van der Waals surface area contributed by atoms with Crippen LogP contribution in [0.5, 0.6) is 11.5 Å². The maximum atomic E-state index is 13.1. The molecule has 0 saturated carbocycles. The molecule has 1 aromatic heterocycles. The van der Waals surface area contributed by atoms with Crippen LogP contribution in [0, 0.1) is 0 Å². The van der Waals surface area contributed by atoms with E-state index in [0.717, 1.165) is 19.4 Å². The minimum Gasteiger partial charge on any atom is -0.493 e. The first-order chi connectivity index (χ1) is 14.2. The number of fused-ring (bicyclic) bond motifs is 1. The zero-order chi connectivity index (χ0) is 20.2. The molecule has 0 fully saturated rings. The summed E-state index contributed by atoms with van der Waals surface area (Å²) >= 11 is 0. The molecule has 0 bridgehead atoms. The lowest BCUT2D eigenvalue weighted by atomic mass is 10.1. The fourth-order valence-corrected chi connectivity index (χ4v) is 4.08. The second-order valence-electron chi connectivity index (χ2n) is 7.38. The van der Waals surface area contributed by atoms with Gasteiger partial charge in [0.15, 0.2) is 23.7 Å². The van der Waals surface area contributed by atoms with Gasteiger partial charge in [0.2, 0.25) is 5.78 Å². The number of methoxy groups -OCH3 is 2. The highest BCUT2D eigenvalue weighted by molar-refractivity contribution is 5.95. The van der Waals surface area contributed by atoms with E-state index in [1.54, 1.807) is 32.4 Å². The highest BCUT2D eigenvalue weighted by Gasteiger charge is 2.27. The van der Waals surface area contributed by atoms with E-state index in [0.29, 0.717) is 23.6 Å². The first-order valence-electron chi connectivity index (χ1n) is 10.1. The van der Waals surface area contributed by atoms with Crippen LogP contribution >= 0.6 is 0 Å². The van der Waals surface area contributed by atoms with Gasteiger partial charge in [0, 0.05) is 17.5 Å². The van der Waals surface area contributed by atoms with E-state index in [1.807, 2.05) is 6.07 Å². The molecule has 5 heteroatoms. The number of carbonyl (C=O) groups excluding carboxylic acids is 1. The normalized spacial score (nSPS) is 13.4. The van der Waals surface area contributed by atoms with Crippen LogP contribution in [0.4, 0.5) is 0 Å². The predicted molar refractivity (Wildman–Crippen MR) is 111 cm³/mol. The van der Waals surface area contributed by atoms with Gasteiger partial charge in [-0.15, -0.1) is 0 Å². The molecule has 1 aliphatic rings. The third kappa shape index (κ3) is 3.90. The van der Waals surface area contributed by atoms with Gasteiger partial charge in [-0.3, -0.25) is 4.79 Å². The number of rotatable bonds is 6. The molecule has 2 heterocycles. The lowest BCUT2D eigenvalue weighted by Gasteiger charge is -2.09. The zero-order valence-electron chi connectivity index (χ0n) is 17.1. The van der Waals surface area contributed by atoms with E-state index in [1.165, 1.54) is 29.9 Å². The molecule has 0 saturated heterocycles. The number of carbonyl (C=O) groups is 1. The molecule has 0 amide bonds. The molecule has 29 heavy (non-hydrogen) atoms. The monoisotopic (exact) mass is 391 g/mol. The molecule has 4 rings (SSSR count). The summed E-state index contributed by atoms with van der Waals surface area (Å²) in [6, 6.07) is 15.8. The molecule has 0 unspecified atom stereocenters. The van der Waals surface area contributed by atoms with E-state index in [2.05, 4.69) is 39.6 Å². The van der Waals surface area contributed by atoms with Crippen LogP contribution in [0.25, 0.3) is 11.3 Å². The molecule has 3 aromatic rings. The summed E-state index contributed by atoms with van der Waals surface area (Å²) in [4.78, 5) is 13.1. The molecule has 150 valence electrons. The maximum Gasteiger partial charge on any atom is 0.257 e. The Hall–Kier alpha value is -3.08. The Balaban J connectivity index is 1.68. The Morgan fingerprint density at radius 1 is 1.00 bits per heavy atom. The second kappa shape index (κ2) is 8.52. The fraction of sp³-hybridized carbons (Fsp3) is 0.333. The molecular formula is C24H27N2O3+. The van der Waals surface area contributed by atoms with Crippen molar-refractivity contribution in [2.75, 3.05) is 14.2 Å². The van der Waals surface area contributed by atoms with Crippen molar-refractivity contribution in [2.24, 2.45) is 0 Å². The molecule has 0 aliphatic carbocycles. The van der Waals surface area contributed by atoms with E-state index in [4.69, 9.17) is 9.47 Å². The minimum absolute atomic E-state index is 0.0632. The van der Waals surface area contributed by atoms with Crippen LogP contribution in [-0.4, -0.2) is 24.6 Å². The van der Waals surface area contributed by atoms with Crippen LogP contribution in [0.1, 0.15) is 35.4 Å². The van der Waals surface area contributed by atoms with Crippen LogP contribution in [0.2, 0.25) is 0 Å². The van der Waals surface area contributed by atoms with Gasteiger partial charge >= 0.3 is 0 Å². The van der Waals surface area contributed by atoms with E-state index in [9.17, 15) is 4.79 Å². The van der Waals surface area contributed by atoms with Gasteiger partial charge in [0.25, 0.3) is 5.82 Å². The maximum absolute atomic E-state index is 13.1. The number of hydrogen-bond acceptors (Lipinski definition) is 3. The molecule has 0 spiro atoms. The summed E-state index contributed by atoms with van der Waals surface area (Å²) < 4.78 is 15.2. The van der Waals surface area contributed by atoms with Crippen molar-refractivity contribution in [3.8, 4) is 22.8 Å². The van der Waals surface area contributed by atoms with Crippen molar-refractivity contribution in [1.82, 2.24) is 4.57 Å². The van der Waals surface area contributed by atoms with Crippen LogP contribution in [0.15, 0.2) is 54.7 Å². The zero-order valence-corrected chi connectivity index (χ0v) is 17.1. The van der Waals surface area contributed by atoms with Crippen molar-refractivity contribution >= 4 is 5.78 Å². The Labute approximate surface area is 171 Å². The van der Waals surface area contributed by atoms with Crippen LogP contribution in [-0.2, 0) is 19.5 Å². The Morgan fingerprint density at radius 3 is 2.55 bits per heavy atom. The first-order valence-corrected chi connectivity index (χ1v) is 10.1. The summed E-state index contributed by atoms with van der Waals surface area (Å²) in [5.74, 6) is 2.49. The predicted octanol–water partition coefficient (Wildman–Crippen LogP) is 4.07. The summed E-state index contributed by atoms with van der Waals surface area (Å²) in [6.45, 7) is 1.31. The van der Waals surface area contributed by atoms with Gasteiger partial charge in [-0.05, 0) is 37.5 Å². The number of imidazole rings is 1. The quantitative estimate of drug-likeness (QED) is 0.470. The van der Waals surface area contributed by atoms with Crippen molar-refractivity contribution in [3.63, 3.8) is 0 Å². The summed E-state index contributed by atoms with van der Waals surface area (Å²) in [6.07, 6.45) is 6.67. The third-order valence-electron chi connectivity index (χ3n) is 5.58. The van der Waals surface area contributed by atoms with E-state index < -0.39 is 0 Å². The van der Waals surface area contributed by atoms with E-state index >= 15 is 0 Å². The van der Waals surface area contributed by atoms with Gasteiger partial charge in [-0.1, -0.05) is 30.3 Å². The van der Waals surface area contributed by atoms with Gasteiger partial charge in [0.05, 0.1) is 20.8 Å². The number of ether oxygens (including phenoxy) is 2. The Bertz CT molecular complexity index is 1010. The number of nitrogens with zero attached hydrogens (tertiary/aromatic N) is 2. The van der Waals surface area contributed by atoms with Gasteiger partial charge in [0.1, 0.15) is 6.20 Å². The average molecular weight is 391 g/mol. The summed E-state index contributed by atoms with van der Waals surface area (Å²) in [5.41, 5.74) is 3.00. The molecule has 0 N–H and O–H groups in total. The first kappa shape index (κ1) is 19.2. The van der Waals surface area contributed by atoms with Crippen molar-refractivity contribution in [2.45, 2.75) is 38.8 Å². The van der Waals surface area contributed by atoms with Crippen LogP contribution < -0.4 is 14.0 Å². The molecule has 0 radical (unpaired) electrons. The molecule has 0 atom stereocenters. The van der Waals surface area contributed by atoms with Gasteiger partial charge < -0.3 is 9.47 Å². The summed E-state index contributed by atoms with van der Waals surface area (Å²) in [7, 11) is 3.18. The van der Waals surface area contributed by atoms with E-state index in [-0.39, 0.29) is 5.78 Å². The number of benzene rings is 2. The van der Waals surface area contributed by atoms with Gasteiger partial charge in [-0.2, -0.15) is 0 Å². The number of ketones is 1. The lowest BCUT2D eigenvalue weighted by Crippen LogP contribution is -2.40. The van der Waals surface area contributed by atoms with Crippen LogP contribution in [0.3, 0.4) is 0 Å². The lowest BCUT2D eigenvalue weighted by molar-refractivity contribution is -0.690. The molecule has 5 nitrogen and oxygen atoms in total. The average Bonchev–Trinajstić information content (AvgIpc) is 2.93. The topological polar surface area (TPSA) is 44.3 Å². The molecular weight excluding hydrogens is 364 g/mol. The smallest absolute Gasteiger partial charge is 0.257 e. The minimum atomic E-state index is 0.0632. The number of aromatic nitrogens is 2. The standard InChI is InChI=1S/C24H27N2O3/c1-28-22-13-12-19(15-23(22)29-2)21(27)17-25-16-20(18-9-5-3-6-10-18)26-14-8-4-7-11-24(25)26/h3,5-6,9-10,12-13,15-16H,4,7-8,11,14,17H2,1-2H3/q+1. The fourth-order valence-electron chi connectivity index (χ4n) is 4.08. The van der Waals surface area contributed by atoms with Crippen molar-refractivity contribution in [3.05, 3.63) is 66.1 Å². The van der Waals surface area contributed by atoms with Gasteiger partial charge in [-0.25, -0.2) is 9.13 Å². The highest BCUT2D eigenvalue weighted by atomic mass is 16.5. The molecule has 1 aliphatic heterocycles. The Kier molecular flexibility index (Phi) is 5.65. The third-order valence-corrected chi connectivity index (χ3v) is 5.58. The SMILES string of the molecule is COc1ccc(C(=O)C[n+]2cc(-c3ccccc3)n3c2CCCCC3)cc1OC.